The van der Waals surface area contributed by atoms with E-state index in [0.717, 1.165) is 35.5 Å². The Morgan fingerprint density at radius 3 is 3.12 bits per heavy atom. The average molecular weight is 250 g/mol. The second-order valence-corrected chi connectivity index (χ2v) is 5.35. The fraction of sp³-hybridized carbons (Fsp3) is 0.429. The van der Waals surface area contributed by atoms with Gasteiger partial charge in [-0.25, -0.2) is 0 Å². The van der Waals surface area contributed by atoms with Gasteiger partial charge in [0.05, 0.1) is 6.26 Å². The van der Waals surface area contributed by atoms with Crippen molar-refractivity contribution >= 4 is 22.6 Å². The third kappa shape index (κ3) is 1.96. The summed E-state index contributed by atoms with van der Waals surface area (Å²) in [4.78, 5) is 0. The summed E-state index contributed by atoms with van der Waals surface area (Å²) >= 11 is 6.19. The van der Waals surface area contributed by atoms with Gasteiger partial charge in [0.1, 0.15) is 5.58 Å². The van der Waals surface area contributed by atoms with E-state index in [1.54, 1.807) is 6.26 Å². The quantitative estimate of drug-likeness (QED) is 0.832. The van der Waals surface area contributed by atoms with Gasteiger partial charge in [0, 0.05) is 16.0 Å². The Morgan fingerprint density at radius 2 is 2.29 bits per heavy atom. The number of piperidine rings is 1. The molecule has 2 aromatic rings. The van der Waals surface area contributed by atoms with E-state index in [0.29, 0.717) is 11.8 Å². The Morgan fingerprint density at radius 1 is 1.41 bits per heavy atom. The fourth-order valence-electron chi connectivity index (χ4n) is 2.82. The van der Waals surface area contributed by atoms with E-state index < -0.39 is 0 Å². The molecule has 3 heteroatoms. The number of benzene rings is 1. The SMILES string of the molecule is C[C@H]1CNCC[C@H]1c1cc(Cl)cc2ccoc12. The van der Waals surface area contributed by atoms with Crippen molar-refractivity contribution in [2.45, 2.75) is 19.3 Å². The van der Waals surface area contributed by atoms with Crippen molar-refractivity contribution in [3.8, 4) is 0 Å². The summed E-state index contributed by atoms with van der Waals surface area (Å²) in [5, 5.41) is 5.34. The monoisotopic (exact) mass is 249 g/mol. The molecule has 0 radical (unpaired) electrons. The van der Waals surface area contributed by atoms with Gasteiger partial charge in [0.15, 0.2) is 0 Å². The number of fused-ring (bicyclic) bond motifs is 1. The molecule has 0 saturated carbocycles. The zero-order valence-electron chi connectivity index (χ0n) is 9.87. The first-order valence-electron chi connectivity index (χ1n) is 6.13. The molecule has 2 atom stereocenters. The fourth-order valence-corrected chi connectivity index (χ4v) is 3.06. The number of rotatable bonds is 1. The maximum absolute atomic E-state index is 6.19. The Labute approximate surface area is 106 Å². The Balaban J connectivity index is 2.11. The predicted octanol–water partition coefficient (Wildman–Crippen LogP) is 3.80. The van der Waals surface area contributed by atoms with Gasteiger partial charge in [0.25, 0.3) is 0 Å². The smallest absolute Gasteiger partial charge is 0.137 e. The number of furan rings is 1. The highest BCUT2D eigenvalue weighted by Crippen LogP contribution is 2.36. The molecule has 3 rings (SSSR count). The highest BCUT2D eigenvalue weighted by atomic mass is 35.5. The van der Waals surface area contributed by atoms with Crippen LogP contribution in [0.4, 0.5) is 0 Å². The van der Waals surface area contributed by atoms with Crippen LogP contribution in [0.15, 0.2) is 28.9 Å². The first-order chi connectivity index (χ1) is 8.25. The maximum atomic E-state index is 6.19. The summed E-state index contributed by atoms with van der Waals surface area (Å²) < 4.78 is 5.63. The number of nitrogens with one attached hydrogen (secondary N) is 1. The van der Waals surface area contributed by atoms with Gasteiger partial charge in [-0.3, -0.25) is 0 Å². The molecule has 0 bridgehead atoms. The highest BCUT2D eigenvalue weighted by molar-refractivity contribution is 6.31. The van der Waals surface area contributed by atoms with E-state index in [1.165, 1.54) is 5.56 Å². The molecule has 1 saturated heterocycles. The van der Waals surface area contributed by atoms with Crippen LogP contribution < -0.4 is 5.32 Å². The molecule has 0 spiro atoms. The molecule has 1 aromatic heterocycles. The van der Waals surface area contributed by atoms with Gasteiger partial charge in [0.2, 0.25) is 0 Å². The lowest BCUT2D eigenvalue weighted by Crippen LogP contribution is -2.33. The molecule has 1 N–H and O–H groups in total. The molecule has 1 aliphatic rings. The lowest BCUT2D eigenvalue weighted by atomic mass is 9.82. The standard InChI is InChI=1S/C14H16ClNO/c1-9-8-16-4-2-12(9)13-7-11(15)6-10-3-5-17-14(10)13/h3,5-7,9,12,16H,2,4,8H2,1H3/t9-,12+/m0/s1. The van der Waals surface area contributed by atoms with Crippen LogP contribution in [-0.2, 0) is 0 Å². The maximum Gasteiger partial charge on any atom is 0.137 e. The van der Waals surface area contributed by atoms with Gasteiger partial charge in [-0.2, -0.15) is 0 Å². The number of halogens is 1. The van der Waals surface area contributed by atoms with Crippen molar-refractivity contribution in [3.63, 3.8) is 0 Å². The first-order valence-corrected chi connectivity index (χ1v) is 6.51. The van der Waals surface area contributed by atoms with Crippen LogP contribution in [-0.4, -0.2) is 13.1 Å². The minimum absolute atomic E-state index is 0.545. The van der Waals surface area contributed by atoms with Crippen molar-refractivity contribution in [1.29, 1.82) is 0 Å². The van der Waals surface area contributed by atoms with Gasteiger partial charge in [-0.05, 0) is 49.5 Å². The summed E-state index contributed by atoms with van der Waals surface area (Å²) in [6.45, 7) is 4.43. The zero-order chi connectivity index (χ0) is 11.8. The summed E-state index contributed by atoms with van der Waals surface area (Å²) in [6.07, 6.45) is 2.90. The van der Waals surface area contributed by atoms with Crippen molar-refractivity contribution in [2.24, 2.45) is 5.92 Å². The zero-order valence-corrected chi connectivity index (χ0v) is 10.6. The van der Waals surface area contributed by atoms with Crippen LogP contribution in [0.2, 0.25) is 5.02 Å². The molecule has 17 heavy (non-hydrogen) atoms. The number of hydrogen-bond donors (Lipinski definition) is 1. The van der Waals surface area contributed by atoms with Crippen LogP contribution in [0.5, 0.6) is 0 Å². The van der Waals surface area contributed by atoms with E-state index in [9.17, 15) is 0 Å². The second-order valence-electron chi connectivity index (χ2n) is 4.91. The van der Waals surface area contributed by atoms with Gasteiger partial charge in [-0.15, -0.1) is 0 Å². The van der Waals surface area contributed by atoms with Crippen LogP contribution in [0.1, 0.15) is 24.8 Å². The van der Waals surface area contributed by atoms with Gasteiger partial charge in [-0.1, -0.05) is 18.5 Å². The van der Waals surface area contributed by atoms with E-state index in [1.807, 2.05) is 12.1 Å². The van der Waals surface area contributed by atoms with Crippen LogP contribution >= 0.6 is 11.6 Å². The van der Waals surface area contributed by atoms with Crippen molar-refractivity contribution in [2.75, 3.05) is 13.1 Å². The second kappa shape index (κ2) is 4.35. The van der Waals surface area contributed by atoms with E-state index in [2.05, 4.69) is 18.3 Å². The molecule has 0 aliphatic carbocycles. The molecule has 1 aliphatic heterocycles. The van der Waals surface area contributed by atoms with Gasteiger partial charge < -0.3 is 9.73 Å². The molecule has 0 unspecified atom stereocenters. The van der Waals surface area contributed by atoms with E-state index in [-0.39, 0.29) is 0 Å². The van der Waals surface area contributed by atoms with Crippen molar-refractivity contribution < 1.29 is 4.42 Å². The van der Waals surface area contributed by atoms with Crippen molar-refractivity contribution in [3.05, 3.63) is 35.0 Å². The summed E-state index contributed by atoms with van der Waals surface area (Å²) in [5.41, 5.74) is 2.28. The van der Waals surface area contributed by atoms with E-state index in [4.69, 9.17) is 16.0 Å². The molecule has 90 valence electrons. The Bertz CT molecular complexity index is 534. The summed E-state index contributed by atoms with van der Waals surface area (Å²) in [7, 11) is 0. The summed E-state index contributed by atoms with van der Waals surface area (Å²) in [6, 6.07) is 6.02. The van der Waals surface area contributed by atoms with E-state index >= 15 is 0 Å². The number of hydrogen-bond acceptors (Lipinski definition) is 2. The normalized spacial score (nSPS) is 25.3. The van der Waals surface area contributed by atoms with Gasteiger partial charge >= 0.3 is 0 Å². The first kappa shape index (κ1) is 11.1. The third-order valence-electron chi connectivity index (χ3n) is 3.73. The van der Waals surface area contributed by atoms with Crippen LogP contribution in [0, 0.1) is 5.92 Å². The molecular formula is C14H16ClNO. The van der Waals surface area contributed by atoms with Crippen LogP contribution in [0.25, 0.3) is 11.0 Å². The lowest BCUT2D eigenvalue weighted by molar-refractivity contribution is 0.349. The Hall–Kier alpha value is -0.990. The summed E-state index contributed by atoms with van der Waals surface area (Å²) in [5.74, 6) is 1.17. The molecule has 0 amide bonds. The topological polar surface area (TPSA) is 25.2 Å². The minimum atomic E-state index is 0.545. The molecular weight excluding hydrogens is 234 g/mol. The Kier molecular flexibility index (Phi) is 2.85. The average Bonchev–Trinajstić information content (AvgIpc) is 2.76. The lowest BCUT2D eigenvalue weighted by Gasteiger charge is -2.30. The largest absolute Gasteiger partial charge is 0.464 e. The highest BCUT2D eigenvalue weighted by Gasteiger charge is 2.25. The third-order valence-corrected chi connectivity index (χ3v) is 3.95. The van der Waals surface area contributed by atoms with Crippen molar-refractivity contribution in [1.82, 2.24) is 5.32 Å². The minimum Gasteiger partial charge on any atom is -0.464 e. The molecule has 1 fully saturated rings. The molecule has 1 aromatic carbocycles. The predicted molar refractivity (Wildman–Crippen MR) is 70.6 cm³/mol. The molecule has 2 nitrogen and oxygen atoms in total. The molecule has 2 heterocycles. The van der Waals surface area contributed by atoms with Crippen LogP contribution in [0.3, 0.4) is 0 Å².